The Kier molecular flexibility index (Phi) is 4.31. The zero-order valence-electron chi connectivity index (χ0n) is 8.38. The van der Waals surface area contributed by atoms with E-state index in [0.717, 1.165) is 7.11 Å². The summed E-state index contributed by atoms with van der Waals surface area (Å²) in [5.74, 6) is -0.734. The summed E-state index contributed by atoms with van der Waals surface area (Å²) in [6, 6.07) is 0.508. The Morgan fingerprint density at radius 1 is 1.62 bits per heavy atom. The molecule has 16 heavy (non-hydrogen) atoms. The molecule has 1 atom stereocenters. The molecule has 7 heteroatoms. The first-order valence-corrected chi connectivity index (χ1v) is 5.28. The van der Waals surface area contributed by atoms with Gasteiger partial charge in [0.1, 0.15) is 6.04 Å². The first-order valence-electron chi connectivity index (χ1n) is 4.34. The normalized spacial score (nSPS) is 13.5. The summed E-state index contributed by atoms with van der Waals surface area (Å²) in [5.41, 5.74) is 0.473. The average molecular weight is 253 g/mol. The average Bonchev–Trinajstić information content (AvgIpc) is 2.69. The molecule has 0 fully saturated rings. The number of carbonyl (C=O) groups is 1. The van der Waals surface area contributed by atoms with Crippen LogP contribution in [0.2, 0.25) is 0 Å². The first kappa shape index (κ1) is 13.0. The van der Waals surface area contributed by atoms with E-state index in [1.807, 2.05) is 0 Å². The number of alkyl halides is 3. The van der Waals surface area contributed by atoms with E-state index >= 15 is 0 Å². The number of thiophene rings is 1. The number of halogens is 3. The number of rotatable bonds is 4. The van der Waals surface area contributed by atoms with Crippen LogP contribution < -0.4 is 5.32 Å². The minimum atomic E-state index is -4.36. The maximum absolute atomic E-state index is 12.0. The topological polar surface area (TPSA) is 38.3 Å². The van der Waals surface area contributed by atoms with E-state index in [1.54, 1.807) is 16.8 Å². The number of hydrogen-bond donors (Lipinski definition) is 1. The minimum absolute atomic E-state index is 0.473. The monoisotopic (exact) mass is 253 g/mol. The SMILES string of the molecule is COC(=O)C(NCC(F)(F)F)c1ccsc1. The van der Waals surface area contributed by atoms with Crippen molar-refractivity contribution < 1.29 is 22.7 Å². The lowest BCUT2D eigenvalue weighted by Gasteiger charge is -2.16. The summed E-state index contributed by atoms with van der Waals surface area (Å²) < 4.78 is 40.5. The molecular formula is C9H10F3NO2S. The summed E-state index contributed by atoms with van der Waals surface area (Å²) in [4.78, 5) is 11.3. The van der Waals surface area contributed by atoms with Crippen LogP contribution in [0.15, 0.2) is 16.8 Å². The largest absolute Gasteiger partial charge is 0.468 e. The highest BCUT2D eigenvalue weighted by atomic mass is 32.1. The third-order valence-electron chi connectivity index (χ3n) is 1.82. The van der Waals surface area contributed by atoms with Gasteiger partial charge < -0.3 is 4.74 Å². The van der Waals surface area contributed by atoms with E-state index in [-0.39, 0.29) is 0 Å². The molecular weight excluding hydrogens is 243 g/mol. The number of carbonyl (C=O) groups excluding carboxylic acids is 1. The van der Waals surface area contributed by atoms with Crippen molar-refractivity contribution in [2.45, 2.75) is 12.2 Å². The highest BCUT2D eigenvalue weighted by Crippen LogP contribution is 2.20. The van der Waals surface area contributed by atoms with E-state index < -0.39 is 24.7 Å². The van der Waals surface area contributed by atoms with Crippen LogP contribution in [0, 0.1) is 0 Å². The Morgan fingerprint density at radius 3 is 2.75 bits per heavy atom. The molecule has 0 amide bonds. The second-order valence-corrected chi connectivity index (χ2v) is 3.79. The summed E-state index contributed by atoms with van der Waals surface area (Å²) in [7, 11) is 1.14. The maximum Gasteiger partial charge on any atom is 0.401 e. The van der Waals surface area contributed by atoms with Crippen LogP contribution in [-0.2, 0) is 9.53 Å². The van der Waals surface area contributed by atoms with Gasteiger partial charge in [-0.2, -0.15) is 24.5 Å². The Morgan fingerprint density at radius 2 is 2.31 bits per heavy atom. The molecule has 0 radical (unpaired) electrons. The molecule has 0 aromatic carbocycles. The van der Waals surface area contributed by atoms with E-state index in [1.165, 1.54) is 11.3 Å². The van der Waals surface area contributed by atoms with Crippen molar-refractivity contribution in [2.24, 2.45) is 0 Å². The Labute approximate surface area is 94.2 Å². The lowest BCUT2D eigenvalue weighted by molar-refractivity contribution is -0.146. The van der Waals surface area contributed by atoms with E-state index in [9.17, 15) is 18.0 Å². The Balaban J connectivity index is 2.70. The van der Waals surface area contributed by atoms with Gasteiger partial charge in [0.25, 0.3) is 0 Å². The number of methoxy groups -OCH3 is 1. The zero-order valence-corrected chi connectivity index (χ0v) is 9.19. The van der Waals surface area contributed by atoms with Gasteiger partial charge in [-0.3, -0.25) is 5.32 Å². The molecule has 1 rings (SSSR count). The van der Waals surface area contributed by atoms with Crippen LogP contribution in [0.3, 0.4) is 0 Å². The predicted molar refractivity (Wildman–Crippen MR) is 53.1 cm³/mol. The maximum atomic E-state index is 12.0. The van der Waals surface area contributed by atoms with Crippen molar-refractivity contribution >= 4 is 17.3 Å². The predicted octanol–water partition coefficient (Wildman–Crippen LogP) is 2.11. The van der Waals surface area contributed by atoms with Crippen molar-refractivity contribution in [1.29, 1.82) is 0 Å². The fraction of sp³-hybridized carbons (Fsp3) is 0.444. The molecule has 3 nitrogen and oxygen atoms in total. The molecule has 0 spiro atoms. The van der Waals surface area contributed by atoms with Crippen LogP contribution in [0.5, 0.6) is 0 Å². The number of ether oxygens (including phenoxy) is 1. The van der Waals surface area contributed by atoms with E-state index in [4.69, 9.17) is 0 Å². The van der Waals surface area contributed by atoms with Crippen molar-refractivity contribution in [2.75, 3.05) is 13.7 Å². The van der Waals surface area contributed by atoms with Gasteiger partial charge in [-0.1, -0.05) is 0 Å². The van der Waals surface area contributed by atoms with Gasteiger partial charge in [-0.15, -0.1) is 0 Å². The quantitative estimate of drug-likeness (QED) is 0.835. The van der Waals surface area contributed by atoms with Gasteiger partial charge >= 0.3 is 12.1 Å². The molecule has 0 aliphatic carbocycles. The van der Waals surface area contributed by atoms with Crippen molar-refractivity contribution in [3.8, 4) is 0 Å². The number of esters is 1. The fourth-order valence-electron chi connectivity index (χ4n) is 1.11. The Bertz CT molecular complexity index is 337. The Hall–Kier alpha value is -1.08. The number of hydrogen-bond acceptors (Lipinski definition) is 4. The standard InChI is InChI=1S/C9H10F3NO2S/c1-15-8(14)7(6-2-3-16-4-6)13-5-9(10,11)12/h2-4,7,13H,5H2,1H3. The molecule has 0 aliphatic rings. The minimum Gasteiger partial charge on any atom is -0.468 e. The van der Waals surface area contributed by atoms with Crippen molar-refractivity contribution in [3.63, 3.8) is 0 Å². The van der Waals surface area contributed by atoms with Gasteiger partial charge in [0.15, 0.2) is 0 Å². The van der Waals surface area contributed by atoms with Crippen LogP contribution in [0.1, 0.15) is 11.6 Å². The molecule has 1 unspecified atom stereocenters. The highest BCUT2D eigenvalue weighted by Gasteiger charge is 2.31. The molecule has 0 saturated heterocycles. The molecule has 1 aromatic rings. The molecule has 1 aromatic heterocycles. The van der Waals surface area contributed by atoms with E-state index in [0.29, 0.717) is 5.56 Å². The summed E-state index contributed by atoms with van der Waals surface area (Å²) in [6.07, 6.45) is -4.36. The molecule has 0 bridgehead atoms. The fourth-order valence-corrected chi connectivity index (χ4v) is 1.80. The second-order valence-electron chi connectivity index (χ2n) is 3.01. The van der Waals surface area contributed by atoms with Crippen LogP contribution in [0.25, 0.3) is 0 Å². The van der Waals surface area contributed by atoms with Gasteiger partial charge in [0.05, 0.1) is 13.7 Å². The van der Waals surface area contributed by atoms with Crippen molar-refractivity contribution in [1.82, 2.24) is 5.32 Å². The van der Waals surface area contributed by atoms with Gasteiger partial charge in [0.2, 0.25) is 0 Å². The summed E-state index contributed by atoms with van der Waals surface area (Å²) in [6.45, 7) is -1.23. The summed E-state index contributed by atoms with van der Waals surface area (Å²) in [5, 5.41) is 5.40. The highest BCUT2D eigenvalue weighted by molar-refractivity contribution is 7.08. The zero-order chi connectivity index (χ0) is 12.2. The van der Waals surface area contributed by atoms with Crippen LogP contribution >= 0.6 is 11.3 Å². The molecule has 0 saturated carbocycles. The molecule has 0 aliphatic heterocycles. The van der Waals surface area contributed by atoms with Crippen molar-refractivity contribution in [3.05, 3.63) is 22.4 Å². The van der Waals surface area contributed by atoms with Gasteiger partial charge in [0, 0.05) is 0 Å². The third kappa shape index (κ3) is 3.82. The first-order chi connectivity index (χ1) is 7.44. The summed E-state index contributed by atoms with van der Waals surface area (Å²) >= 11 is 1.30. The molecule has 1 heterocycles. The van der Waals surface area contributed by atoms with Crippen LogP contribution in [0.4, 0.5) is 13.2 Å². The third-order valence-corrected chi connectivity index (χ3v) is 2.52. The molecule has 1 N–H and O–H groups in total. The lowest BCUT2D eigenvalue weighted by atomic mass is 10.1. The second kappa shape index (κ2) is 5.31. The van der Waals surface area contributed by atoms with Crippen LogP contribution in [-0.4, -0.2) is 25.8 Å². The molecule has 90 valence electrons. The lowest BCUT2D eigenvalue weighted by Crippen LogP contribution is -2.36. The number of nitrogens with one attached hydrogen (secondary N) is 1. The van der Waals surface area contributed by atoms with E-state index in [2.05, 4.69) is 10.1 Å². The smallest absolute Gasteiger partial charge is 0.401 e. The van der Waals surface area contributed by atoms with Gasteiger partial charge in [-0.25, -0.2) is 4.79 Å². The van der Waals surface area contributed by atoms with Gasteiger partial charge in [-0.05, 0) is 22.4 Å².